The maximum Gasteiger partial charge on any atom is 0.407 e. The zero-order valence-electron chi connectivity index (χ0n) is 19.7. The lowest BCUT2D eigenvalue weighted by Crippen LogP contribution is -2.53. The standard InChI is InChI=1S/C26H32N2O6/c1-4-16(2)23(24(31)27-15-26(3,33)13-22(29)30)28-25(32)34-14-21-19-11-7-5-9-17(19)18-10-6-8-12-20(18)21/h5-12,16,21,23,33H,4,13-15H2,1-3H3,(H,27,31)(H,28,32)(H,29,30)/t16?,23-,26?/m0/s1. The monoisotopic (exact) mass is 468 g/mol. The molecule has 2 aromatic rings. The maximum atomic E-state index is 12.8. The summed E-state index contributed by atoms with van der Waals surface area (Å²) < 4.78 is 5.56. The van der Waals surface area contributed by atoms with Crippen molar-refractivity contribution in [3.8, 4) is 11.1 Å². The van der Waals surface area contributed by atoms with Gasteiger partial charge in [0.05, 0.1) is 12.0 Å². The van der Waals surface area contributed by atoms with Crippen molar-refractivity contribution in [2.24, 2.45) is 5.92 Å². The normalized spacial score (nSPS) is 15.9. The molecule has 0 fully saturated rings. The van der Waals surface area contributed by atoms with Gasteiger partial charge in [-0.3, -0.25) is 9.59 Å². The molecule has 1 aliphatic rings. The van der Waals surface area contributed by atoms with E-state index >= 15 is 0 Å². The first-order chi connectivity index (χ1) is 16.1. The predicted octanol–water partition coefficient (Wildman–Crippen LogP) is 3.28. The van der Waals surface area contributed by atoms with Gasteiger partial charge >= 0.3 is 12.1 Å². The van der Waals surface area contributed by atoms with Crippen LogP contribution in [0.4, 0.5) is 4.79 Å². The number of nitrogens with one attached hydrogen (secondary N) is 2. The number of rotatable bonds is 10. The molecular weight excluding hydrogens is 436 g/mol. The highest BCUT2D eigenvalue weighted by Crippen LogP contribution is 2.44. The second-order valence-electron chi connectivity index (χ2n) is 9.12. The van der Waals surface area contributed by atoms with Gasteiger partial charge in [0.2, 0.25) is 5.91 Å². The summed E-state index contributed by atoms with van der Waals surface area (Å²) in [5.74, 6) is -1.98. The Balaban J connectivity index is 1.63. The highest BCUT2D eigenvalue weighted by molar-refractivity contribution is 5.86. The molecule has 34 heavy (non-hydrogen) atoms. The molecule has 0 bridgehead atoms. The van der Waals surface area contributed by atoms with Crippen LogP contribution in [0.25, 0.3) is 11.1 Å². The maximum absolute atomic E-state index is 12.8. The van der Waals surface area contributed by atoms with Gasteiger partial charge in [-0.25, -0.2) is 4.79 Å². The highest BCUT2D eigenvalue weighted by atomic mass is 16.5. The van der Waals surface area contributed by atoms with Crippen LogP contribution in [0.5, 0.6) is 0 Å². The van der Waals surface area contributed by atoms with Crippen molar-refractivity contribution in [1.29, 1.82) is 0 Å². The molecule has 1 aliphatic carbocycles. The first-order valence-corrected chi connectivity index (χ1v) is 11.5. The van der Waals surface area contributed by atoms with Crippen molar-refractivity contribution in [3.05, 3.63) is 59.7 Å². The SMILES string of the molecule is CCC(C)[C@H](NC(=O)OCC1c2ccccc2-c2ccccc21)C(=O)NCC(C)(O)CC(=O)O. The number of alkyl carbamates (subject to hydrolysis) is 1. The average molecular weight is 469 g/mol. The zero-order valence-corrected chi connectivity index (χ0v) is 19.7. The first-order valence-electron chi connectivity index (χ1n) is 11.5. The van der Waals surface area contributed by atoms with Crippen LogP contribution >= 0.6 is 0 Å². The second kappa shape index (κ2) is 10.7. The first kappa shape index (κ1) is 25.2. The Hall–Kier alpha value is -3.39. The summed E-state index contributed by atoms with van der Waals surface area (Å²) in [6, 6.07) is 15.2. The number of carboxylic acids is 1. The largest absolute Gasteiger partial charge is 0.481 e. The van der Waals surface area contributed by atoms with Crippen molar-refractivity contribution in [1.82, 2.24) is 10.6 Å². The third kappa shape index (κ3) is 5.94. The molecule has 0 radical (unpaired) electrons. The fraction of sp³-hybridized carbons (Fsp3) is 0.423. The van der Waals surface area contributed by atoms with Gasteiger partial charge in [-0.2, -0.15) is 0 Å². The summed E-state index contributed by atoms with van der Waals surface area (Å²) in [7, 11) is 0. The van der Waals surface area contributed by atoms with Gasteiger partial charge in [0.1, 0.15) is 12.6 Å². The number of carbonyl (C=O) groups excluding carboxylic acids is 2. The number of benzene rings is 2. The van der Waals surface area contributed by atoms with Crippen molar-refractivity contribution >= 4 is 18.0 Å². The molecule has 0 aliphatic heterocycles. The molecule has 2 unspecified atom stereocenters. The molecule has 8 heteroatoms. The molecule has 4 N–H and O–H groups in total. The quantitative estimate of drug-likeness (QED) is 0.424. The molecule has 182 valence electrons. The molecule has 0 aromatic heterocycles. The second-order valence-corrected chi connectivity index (χ2v) is 9.12. The number of carbonyl (C=O) groups is 3. The van der Waals surface area contributed by atoms with Gasteiger partial charge in [-0.05, 0) is 35.1 Å². The molecule has 2 amide bonds. The van der Waals surface area contributed by atoms with Crippen molar-refractivity contribution in [3.63, 3.8) is 0 Å². The van der Waals surface area contributed by atoms with E-state index in [1.54, 1.807) is 0 Å². The van der Waals surface area contributed by atoms with Gasteiger partial charge < -0.3 is 25.6 Å². The van der Waals surface area contributed by atoms with E-state index in [9.17, 15) is 19.5 Å². The fourth-order valence-corrected chi connectivity index (χ4v) is 4.24. The molecular formula is C26H32N2O6. The number of ether oxygens (including phenoxy) is 1. The molecule has 0 saturated heterocycles. The van der Waals surface area contributed by atoms with Crippen molar-refractivity contribution in [2.45, 2.75) is 51.2 Å². The van der Waals surface area contributed by atoms with Crippen LogP contribution in [0.2, 0.25) is 0 Å². The van der Waals surface area contributed by atoms with E-state index in [-0.39, 0.29) is 25.0 Å². The minimum absolute atomic E-state index is 0.0971. The van der Waals surface area contributed by atoms with E-state index in [1.807, 2.05) is 50.2 Å². The van der Waals surface area contributed by atoms with Crippen molar-refractivity contribution < 1.29 is 29.3 Å². The summed E-state index contributed by atoms with van der Waals surface area (Å²) in [6.45, 7) is 4.92. The number of hydrogen-bond acceptors (Lipinski definition) is 5. The summed E-state index contributed by atoms with van der Waals surface area (Å²) in [4.78, 5) is 36.3. The lowest BCUT2D eigenvalue weighted by atomic mass is 9.97. The molecule has 0 spiro atoms. The van der Waals surface area contributed by atoms with Gasteiger partial charge in [-0.1, -0.05) is 68.8 Å². The fourth-order valence-electron chi connectivity index (χ4n) is 4.24. The van der Waals surface area contributed by atoms with E-state index in [0.29, 0.717) is 6.42 Å². The Kier molecular flexibility index (Phi) is 7.94. The van der Waals surface area contributed by atoms with Crippen LogP contribution in [0.1, 0.15) is 50.7 Å². The van der Waals surface area contributed by atoms with E-state index in [2.05, 4.69) is 22.8 Å². The number of carboxylic acid groups (broad SMARTS) is 1. The number of amides is 2. The third-order valence-electron chi connectivity index (χ3n) is 6.29. The summed E-state index contributed by atoms with van der Waals surface area (Å²) in [5.41, 5.74) is 2.82. The minimum Gasteiger partial charge on any atom is -0.481 e. The molecule has 2 aromatic carbocycles. The molecule has 3 rings (SSSR count). The van der Waals surface area contributed by atoms with E-state index in [4.69, 9.17) is 9.84 Å². The van der Waals surface area contributed by atoms with Gasteiger partial charge in [0.25, 0.3) is 0 Å². The Labute approximate surface area is 199 Å². The lowest BCUT2D eigenvalue weighted by Gasteiger charge is -2.26. The van der Waals surface area contributed by atoms with E-state index in [0.717, 1.165) is 22.3 Å². The third-order valence-corrected chi connectivity index (χ3v) is 6.29. The summed E-state index contributed by atoms with van der Waals surface area (Å²) in [6.07, 6.45) is -0.603. The summed E-state index contributed by atoms with van der Waals surface area (Å²) >= 11 is 0. The number of fused-ring (bicyclic) bond motifs is 3. The Morgan fingerprint density at radius 1 is 1.06 bits per heavy atom. The van der Waals surface area contributed by atoms with Crippen LogP contribution in [-0.4, -0.2) is 53.0 Å². The van der Waals surface area contributed by atoms with E-state index < -0.39 is 36.0 Å². The Morgan fingerprint density at radius 2 is 1.62 bits per heavy atom. The average Bonchev–Trinajstić information content (AvgIpc) is 3.12. The van der Waals surface area contributed by atoms with Crippen molar-refractivity contribution in [2.75, 3.05) is 13.2 Å². The van der Waals surface area contributed by atoms with Crippen LogP contribution in [0.3, 0.4) is 0 Å². The predicted molar refractivity (Wildman–Crippen MR) is 127 cm³/mol. The molecule has 3 atom stereocenters. The Morgan fingerprint density at radius 3 is 2.15 bits per heavy atom. The minimum atomic E-state index is -1.61. The zero-order chi connectivity index (χ0) is 24.9. The van der Waals surface area contributed by atoms with Crippen LogP contribution in [0, 0.1) is 5.92 Å². The Bertz CT molecular complexity index is 1010. The smallest absolute Gasteiger partial charge is 0.407 e. The highest BCUT2D eigenvalue weighted by Gasteiger charge is 2.32. The molecule has 8 nitrogen and oxygen atoms in total. The summed E-state index contributed by atoms with van der Waals surface area (Å²) in [5, 5.41) is 24.2. The van der Waals surface area contributed by atoms with Gasteiger partial charge in [0.15, 0.2) is 0 Å². The number of hydrogen-bond donors (Lipinski definition) is 4. The van der Waals surface area contributed by atoms with E-state index in [1.165, 1.54) is 6.92 Å². The van der Waals surface area contributed by atoms with Gasteiger partial charge in [-0.15, -0.1) is 0 Å². The number of aliphatic carboxylic acids is 1. The van der Waals surface area contributed by atoms with Crippen LogP contribution in [-0.2, 0) is 14.3 Å². The topological polar surface area (TPSA) is 125 Å². The van der Waals surface area contributed by atoms with Crippen LogP contribution in [0.15, 0.2) is 48.5 Å². The molecule has 0 heterocycles. The lowest BCUT2D eigenvalue weighted by molar-refractivity contribution is -0.142. The van der Waals surface area contributed by atoms with Crippen LogP contribution < -0.4 is 10.6 Å². The molecule has 0 saturated carbocycles. The van der Waals surface area contributed by atoms with Gasteiger partial charge in [0, 0.05) is 12.5 Å². The number of aliphatic hydroxyl groups is 1.